The molecule has 1 aromatic rings. The van der Waals surface area contributed by atoms with Gasteiger partial charge in [0.2, 0.25) is 0 Å². The molecule has 2 rings (SSSR count). The van der Waals surface area contributed by atoms with Crippen LogP contribution in [-0.4, -0.2) is 63.8 Å². The number of rotatable bonds is 7. The minimum atomic E-state index is -2.58. The maximum Gasteiger partial charge on any atom is 0.319 e. The predicted octanol–water partition coefficient (Wildman–Crippen LogP) is 1.80. The average molecular weight is 316 g/mol. The van der Waals surface area contributed by atoms with Gasteiger partial charge in [-0.05, 0) is 38.9 Å². The minimum absolute atomic E-state index is 0.297. The standard InChI is InChI=1S/C15H26F2N4O/c1-12-3-6-20(7-4-12)10-13(22)9-19(2)11-14-18-5-8-21(14)15(16)17/h5,8,12-13,15,22H,3-4,6-7,9-11H2,1-2H3. The summed E-state index contributed by atoms with van der Waals surface area (Å²) >= 11 is 0. The van der Waals surface area contributed by atoms with Gasteiger partial charge in [-0.15, -0.1) is 0 Å². The van der Waals surface area contributed by atoms with E-state index in [-0.39, 0.29) is 0 Å². The zero-order valence-corrected chi connectivity index (χ0v) is 13.3. The minimum Gasteiger partial charge on any atom is -0.390 e. The molecule has 0 amide bonds. The first-order chi connectivity index (χ1) is 10.5. The molecule has 1 aromatic heterocycles. The SMILES string of the molecule is CC1CCN(CC(O)CN(C)Cc2nccn2C(F)F)CC1. The number of aromatic nitrogens is 2. The Morgan fingerprint density at radius 2 is 2.09 bits per heavy atom. The summed E-state index contributed by atoms with van der Waals surface area (Å²) in [6, 6.07) is 0. The molecule has 2 heterocycles. The first-order valence-electron chi connectivity index (χ1n) is 7.84. The molecule has 1 aliphatic rings. The van der Waals surface area contributed by atoms with Crippen molar-refractivity contribution in [2.45, 2.75) is 39.0 Å². The fourth-order valence-corrected chi connectivity index (χ4v) is 2.91. The Kier molecular flexibility index (Phi) is 6.28. The number of aliphatic hydroxyl groups is 1. The van der Waals surface area contributed by atoms with Crippen molar-refractivity contribution in [3.8, 4) is 0 Å². The summed E-state index contributed by atoms with van der Waals surface area (Å²) in [6.45, 7) is 3.11. The molecule has 1 aliphatic heterocycles. The zero-order chi connectivity index (χ0) is 16.1. The van der Waals surface area contributed by atoms with Crippen molar-refractivity contribution in [2.75, 3.05) is 33.2 Å². The van der Waals surface area contributed by atoms with Crippen molar-refractivity contribution >= 4 is 0 Å². The molecule has 0 saturated carbocycles. The summed E-state index contributed by atoms with van der Waals surface area (Å²) in [4.78, 5) is 8.07. The number of aliphatic hydroxyl groups excluding tert-OH is 1. The molecule has 0 radical (unpaired) electrons. The van der Waals surface area contributed by atoms with E-state index in [1.807, 2.05) is 11.9 Å². The van der Waals surface area contributed by atoms with E-state index in [0.717, 1.165) is 23.6 Å². The number of alkyl halides is 2. The predicted molar refractivity (Wildman–Crippen MR) is 80.7 cm³/mol. The summed E-state index contributed by atoms with van der Waals surface area (Å²) in [5.41, 5.74) is 0. The van der Waals surface area contributed by atoms with Crippen LogP contribution in [0, 0.1) is 5.92 Å². The van der Waals surface area contributed by atoms with Gasteiger partial charge in [0.25, 0.3) is 0 Å². The lowest BCUT2D eigenvalue weighted by Gasteiger charge is -2.32. The van der Waals surface area contributed by atoms with Gasteiger partial charge in [-0.3, -0.25) is 9.47 Å². The van der Waals surface area contributed by atoms with Crippen molar-refractivity contribution in [3.05, 3.63) is 18.2 Å². The number of hydrogen-bond donors (Lipinski definition) is 1. The normalized spacial score (nSPS) is 19.2. The summed E-state index contributed by atoms with van der Waals surface area (Å²) in [6.07, 6.45) is 4.52. The van der Waals surface area contributed by atoms with Crippen molar-refractivity contribution in [2.24, 2.45) is 5.92 Å². The van der Waals surface area contributed by atoms with Crippen LogP contribution in [0.2, 0.25) is 0 Å². The van der Waals surface area contributed by atoms with E-state index in [0.29, 0.717) is 25.5 Å². The molecule has 22 heavy (non-hydrogen) atoms. The van der Waals surface area contributed by atoms with Crippen LogP contribution < -0.4 is 0 Å². The van der Waals surface area contributed by atoms with Gasteiger partial charge in [0.15, 0.2) is 0 Å². The van der Waals surface area contributed by atoms with Gasteiger partial charge in [0, 0.05) is 25.5 Å². The fraction of sp³-hybridized carbons (Fsp3) is 0.800. The molecule has 0 aromatic carbocycles. The summed E-state index contributed by atoms with van der Waals surface area (Å²) < 4.78 is 26.4. The Labute approximate surface area is 130 Å². The second kappa shape index (κ2) is 7.99. The summed E-state index contributed by atoms with van der Waals surface area (Å²) in [7, 11) is 1.81. The first kappa shape index (κ1) is 17.3. The van der Waals surface area contributed by atoms with Crippen LogP contribution in [0.5, 0.6) is 0 Å². The Morgan fingerprint density at radius 1 is 1.41 bits per heavy atom. The summed E-state index contributed by atoms with van der Waals surface area (Å²) in [5.74, 6) is 1.08. The van der Waals surface area contributed by atoms with E-state index in [1.54, 1.807) is 0 Å². The van der Waals surface area contributed by atoms with E-state index in [1.165, 1.54) is 25.2 Å². The van der Waals surface area contributed by atoms with Crippen LogP contribution in [0.1, 0.15) is 32.1 Å². The average Bonchev–Trinajstić information content (AvgIpc) is 2.89. The highest BCUT2D eigenvalue weighted by molar-refractivity contribution is 4.92. The lowest BCUT2D eigenvalue weighted by atomic mass is 9.99. The lowest BCUT2D eigenvalue weighted by molar-refractivity contribution is 0.0550. The number of nitrogens with zero attached hydrogens (tertiary/aromatic N) is 4. The molecular weight excluding hydrogens is 290 g/mol. The van der Waals surface area contributed by atoms with Crippen molar-refractivity contribution in [3.63, 3.8) is 0 Å². The quantitative estimate of drug-likeness (QED) is 0.833. The van der Waals surface area contributed by atoms with E-state index in [4.69, 9.17) is 0 Å². The molecule has 1 unspecified atom stereocenters. The van der Waals surface area contributed by atoms with E-state index >= 15 is 0 Å². The number of hydrogen-bond acceptors (Lipinski definition) is 4. The molecule has 0 aliphatic carbocycles. The maximum absolute atomic E-state index is 12.8. The summed E-state index contributed by atoms with van der Waals surface area (Å²) in [5, 5.41) is 10.2. The molecule has 126 valence electrons. The van der Waals surface area contributed by atoms with Crippen molar-refractivity contribution in [1.82, 2.24) is 19.4 Å². The number of piperidine rings is 1. The third-order valence-corrected chi connectivity index (χ3v) is 4.24. The Bertz CT molecular complexity index is 447. The Morgan fingerprint density at radius 3 is 2.73 bits per heavy atom. The van der Waals surface area contributed by atoms with E-state index in [2.05, 4.69) is 16.8 Å². The maximum atomic E-state index is 12.8. The van der Waals surface area contributed by atoms with Crippen molar-refractivity contribution < 1.29 is 13.9 Å². The van der Waals surface area contributed by atoms with Crippen LogP contribution in [0.25, 0.3) is 0 Å². The van der Waals surface area contributed by atoms with Crippen LogP contribution in [-0.2, 0) is 6.54 Å². The molecule has 0 bridgehead atoms. The zero-order valence-electron chi connectivity index (χ0n) is 13.3. The fourth-order valence-electron chi connectivity index (χ4n) is 2.91. The second-order valence-electron chi connectivity index (χ2n) is 6.36. The molecule has 1 atom stereocenters. The van der Waals surface area contributed by atoms with Gasteiger partial charge >= 0.3 is 6.55 Å². The largest absolute Gasteiger partial charge is 0.390 e. The molecule has 1 fully saturated rings. The van der Waals surface area contributed by atoms with Gasteiger partial charge < -0.3 is 10.0 Å². The topological polar surface area (TPSA) is 44.5 Å². The Balaban J connectivity index is 1.76. The smallest absolute Gasteiger partial charge is 0.319 e. The van der Waals surface area contributed by atoms with Crippen LogP contribution >= 0.6 is 0 Å². The molecule has 1 N–H and O–H groups in total. The molecule has 7 heteroatoms. The van der Waals surface area contributed by atoms with Crippen LogP contribution in [0.3, 0.4) is 0 Å². The van der Waals surface area contributed by atoms with E-state index < -0.39 is 12.7 Å². The molecular formula is C15H26F2N4O. The number of β-amino-alcohol motifs (C(OH)–C–C–N with tert-alkyl or cyclic N) is 1. The monoisotopic (exact) mass is 316 g/mol. The lowest BCUT2D eigenvalue weighted by Crippen LogP contribution is -2.42. The number of halogens is 2. The molecule has 1 saturated heterocycles. The molecule has 0 spiro atoms. The van der Waals surface area contributed by atoms with Crippen LogP contribution in [0.15, 0.2) is 12.4 Å². The third kappa shape index (κ3) is 5.00. The number of imidazole rings is 1. The first-order valence-corrected chi connectivity index (χ1v) is 7.84. The highest BCUT2D eigenvalue weighted by Crippen LogP contribution is 2.16. The number of likely N-dealkylation sites (N-methyl/N-ethyl adjacent to an activating group) is 1. The van der Waals surface area contributed by atoms with Crippen molar-refractivity contribution in [1.29, 1.82) is 0 Å². The number of likely N-dealkylation sites (tertiary alicyclic amines) is 1. The van der Waals surface area contributed by atoms with Gasteiger partial charge in [-0.2, -0.15) is 8.78 Å². The van der Waals surface area contributed by atoms with Gasteiger partial charge in [-0.1, -0.05) is 6.92 Å². The van der Waals surface area contributed by atoms with Gasteiger partial charge in [0.05, 0.1) is 12.6 Å². The highest BCUT2D eigenvalue weighted by Gasteiger charge is 2.20. The highest BCUT2D eigenvalue weighted by atomic mass is 19.3. The Hall–Kier alpha value is -1.05. The van der Waals surface area contributed by atoms with Crippen LogP contribution in [0.4, 0.5) is 8.78 Å². The van der Waals surface area contributed by atoms with Gasteiger partial charge in [0.1, 0.15) is 5.82 Å². The van der Waals surface area contributed by atoms with Gasteiger partial charge in [-0.25, -0.2) is 4.98 Å². The third-order valence-electron chi connectivity index (χ3n) is 4.24. The van der Waals surface area contributed by atoms with E-state index in [9.17, 15) is 13.9 Å². The molecule has 5 nitrogen and oxygen atoms in total. The second-order valence-corrected chi connectivity index (χ2v) is 6.36.